The number of hydrogen-bond acceptors (Lipinski definition) is 5. The van der Waals surface area contributed by atoms with E-state index in [1.54, 1.807) is 42.0 Å². The molecule has 0 bridgehead atoms. The van der Waals surface area contributed by atoms with E-state index in [1.807, 2.05) is 0 Å². The molecule has 1 aromatic heterocycles. The number of nitrogens with zero attached hydrogens (tertiary/aromatic N) is 2. The quantitative estimate of drug-likeness (QED) is 0.524. The molecule has 2 aliphatic heterocycles. The molecule has 2 saturated heterocycles. The zero-order chi connectivity index (χ0) is 25.8. The van der Waals surface area contributed by atoms with Crippen molar-refractivity contribution in [3.63, 3.8) is 0 Å². The number of anilines is 1. The maximum atomic E-state index is 15.2. The molecule has 0 aliphatic carbocycles. The second kappa shape index (κ2) is 12.1. The molecule has 1 amide bonds. The average Bonchev–Trinajstić information content (AvgIpc) is 2.86. The van der Waals surface area contributed by atoms with Crippen LogP contribution in [0, 0.1) is 5.82 Å². The third-order valence-electron chi connectivity index (χ3n) is 7.22. The van der Waals surface area contributed by atoms with Gasteiger partial charge in [-0.15, -0.1) is 18.5 Å². The van der Waals surface area contributed by atoms with Crippen LogP contribution < -0.4 is 16.2 Å². The standard InChI is InChI=1S/C26H37FN4O3P2/c1-16(19-4-3-5-20(24(19)27)26(35)36)28-25(33)21-15-31(18-8-12-34-13-9-18)23(32)14-22(21)29-17-6-10-30(2)11-7-17/h3-5,14-18,26,29H,6-13,35-36H2,1-2H3,(H,28,33)/t16-/m1/s1. The second-order valence-electron chi connectivity index (χ2n) is 9.88. The third-order valence-corrected chi connectivity index (χ3v) is 7.94. The molecule has 2 aliphatic rings. The Labute approximate surface area is 217 Å². The highest BCUT2D eigenvalue weighted by atomic mass is 31.1. The summed E-state index contributed by atoms with van der Waals surface area (Å²) in [6.07, 6.45) is 4.98. The molecule has 3 atom stereocenters. The van der Waals surface area contributed by atoms with Crippen molar-refractivity contribution in [1.29, 1.82) is 0 Å². The lowest BCUT2D eigenvalue weighted by Crippen LogP contribution is -2.38. The van der Waals surface area contributed by atoms with Gasteiger partial charge in [0.15, 0.2) is 0 Å². The number of carbonyl (C=O) groups excluding carboxylic acids is 1. The van der Waals surface area contributed by atoms with Crippen molar-refractivity contribution >= 4 is 30.1 Å². The molecule has 7 nitrogen and oxygen atoms in total. The number of likely N-dealkylation sites (tertiary alicyclic amines) is 1. The van der Waals surface area contributed by atoms with Crippen LogP contribution in [0.2, 0.25) is 0 Å². The Bertz CT molecular complexity index is 1130. The van der Waals surface area contributed by atoms with E-state index in [9.17, 15) is 9.59 Å². The number of ether oxygens (including phenoxy) is 1. The van der Waals surface area contributed by atoms with Gasteiger partial charge in [0, 0.05) is 48.5 Å². The first kappa shape index (κ1) is 27.2. The molecule has 2 fully saturated rings. The minimum Gasteiger partial charge on any atom is -0.381 e. The van der Waals surface area contributed by atoms with Gasteiger partial charge in [-0.05, 0) is 58.3 Å². The van der Waals surface area contributed by atoms with Crippen molar-refractivity contribution < 1.29 is 13.9 Å². The van der Waals surface area contributed by atoms with Crippen molar-refractivity contribution in [1.82, 2.24) is 14.8 Å². The van der Waals surface area contributed by atoms with Crippen LogP contribution in [0.3, 0.4) is 0 Å². The van der Waals surface area contributed by atoms with Crippen LogP contribution in [-0.2, 0) is 4.74 Å². The summed E-state index contributed by atoms with van der Waals surface area (Å²) in [6.45, 7) is 4.87. The van der Waals surface area contributed by atoms with E-state index in [-0.39, 0.29) is 34.8 Å². The number of benzene rings is 1. The van der Waals surface area contributed by atoms with Crippen molar-refractivity contribution in [2.75, 3.05) is 38.7 Å². The van der Waals surface area contributed by atoms with Gasteiger partial charge in [0.2, 0.25) is 0 Å². The number of halogens is 1. The monoisotopic (exact) mass is 534 g/mol. The van der Waals surface area contributed by atoms with Crippen molar-refractivity contribution in [2.24, 2.45) is 0 Å². The van der Waals surface area contributed by atoms with E-state index in [1.165, 1.54) is 0 Å². The highest BCUT2D eigenvalue weighted by Gasteiger charge is 2.25. The summed E-state index contributed by atoms with van der Waals surface area (Å²) in [7, 11) is 7.24. The predicted molar refractivity (Wildman–Crippen MR) is 148 cm³/mol. The lowest BCUT2D eigenvalue weighted by molar-refractivity contribution is 0.0685. The first-order chi connectivity index (χ1) is 17.2. The highest BCUT2D eigenvalue weighted by molar-refractivity contribution is 7.37. The molecular weight excluding hydrogens is 497 g/mol. The van der Waals surface area contributed by atoms with Gasteiger partial charge >= 0.3 is 0 Å². The van der Waals surface area contributed by atoms with Crippen LogP contribution in [0.4, 0.5) is 10.1 Å². The Hall–Kier alpha value is -1.85. The zero-order valence-corrected chi connectivity index (χ0v) is 23.3. The summed E-state index contributed by atoms with van der Waals surface area (Å²) >= 11 is 0. The Morgan fingerprint density at radius 2 is 1.81 bits per heavy atom. The van der Waals surface area contributed by atoms with E-state index in [4.69, 9.17) is 4.74 Å². The highest BCUT2D eigenvalue weighted by Crippen LogP contribution is 2.34. The van der Waals surface area contributed by atoms with E-state index < -0.39 is 6.04 Å². The van der Waals surface area contributed by atoms with Crippen LogP contribution in [-0.4, -0.2) is 54.8 Å². The molecule has 196 valence electrons. The van der Waals surface area contributed by atoms with Crippen LogP contribution in [0.5, 0.6) is 0 Å². The van der Waals surface area contributed by atoms with E-state index in [0.29, 0.717) is 35.6 Å². The third kappa shape index (κ3) is 6.34. The number of amides is 1. The fraction of sp³-hybridized carbons (Fsp3) is 0.538. The number of rotatable bonds is 7. The van der Waals surface area contributed by atoms with Gasteiger partial charge in [-0.25, -0.2) is 4.39 Å². The molecule has 1 aromatic carbocycles. The predicted octanol–water partition coefficient (Wildman–Crippen LogP) is 4.08. The molecule has 0 spiro atoms. The van der Waals surface area contributed by atoms with Crippen LogP contribution in [0.1, 0.15) is 71.6 Å². The first-order valence-corrected chi connectivity index (χ1v) is 14.0. The van der Waals surface area contributed by atoms with Gasteiger partial charge < -0.3 is 24.8 Å². The summed E-state index contributed by atoms with van der Waals surface area (Å²) in [4.78, 5) is 28.9. The van der Waals surface area contributed by atoms with Crippen molar-refractivity contribution in [2.45, 2.75) is 56.1 Å². The van der Waals surface area contributed by atoms with E-state index >= 15 is 4.39 Å². The number of hydrogen-bond donors (Lipinski definition) is 2. The minimum absolute atomic E-state index is 0.0113. The van der Waals surface area contributed by atoms with Gasteiger partial charge in [-0.1, -0.05) is 18.2 Å². The van der Waals surface area contributed by atoms with Crippen LogP contribution in [0.15, 0.2) is 35.3 Å². The SMILES string of the molecule is C[C@@H](NC(=O)c1cn(C2CCOCC2)c(=O)cc1NC1CCN(C)CC1)c1cccc(C(P)P)c1F. The lowest BCUT2D eigenvalue weighted by Gasteiger charge is -2.31. The maximum Gasteiger partial charge on any atom is 0.255 e. The summed E-state index contributed by atoms with van der Waals surface area (Å²) in [5, 5.41) is 6.31. The van der Waals surface area contributed by atoms with Gasteiger partial charge in [-0.3, -0.25) is 9.59 Å². The number of nitrogens with one attached hydrogen (secondary N) is 2. The molecule has 4 rings (SSSR count). The zero-order valence-electron chi connectivity index (χ0n) is 21.0. The molecule has 0 saturated carbocycles. The molecule has 3 heterocycles. The molecule has 10 heteroatoms. The molecular formula is C26H37FN4O3P2. The molecule has 2 N–H and O–H groups in total. The number of aromatic nitrogens is 1. The largest absolute Gasteiger partial charge is 0.381 e. The summed E-state index contributed by atoms with van der Waals surface area (Å²) in [5.41, 5.74) is 1.79. The molecule has 0 radical (unpaired) electrons. The van der Waals surface area contributed by atoms with Gasteiger partial charge in [0.1, 0.15) is 5.82 Å². The minimum atomic E-state index is -0.550. The normalized spacial score (nSPS) is 18.8. The fourth-order valence-electron chi connectivity index (χ4n) is 4.98. The second-order valence-corrected chi connectivity index (χ2v) is 12.1. The van der Waals surface area contributed by atoms with Crippen molar-refractivity contribution in [3.8, 4) is 0 Å². The molecule has 36 heavy (non-hydrogen) atoms. The molecule has 2 aromatic rings. The van der Waals surface area contributed by atoms with E-state index in [2.05, 4.69) is 41.1 Å². The van der Waals surface area contributed by atoms with Crippen LogP contribution >= 0.6 is 18.5 Å². The van der Waals surface area contributed by atoms with Gasteiger partial charge in [-0.2, -0.15) is 0 Å². The maximum absolute atomic E-state index is 15.2. The number of piperidine rings is 1. The smallest absolute Gasteiger partial charge is 0.255 e. The van der Waals surface area contributed by atoms with Gasteiger partial charge in [0.25, 0.3) is 11.5 Å². The number of carbonyl (C=O) groups is 1. The topological polar surface area (TPSA) is 75.6 Å². The fourth-order valence-corrected chi connectivity index (χ4v) is 5.50. The Morgan fingerprint density at radius 3 is 2.47 bits per heavy atom. The Balaban J connectivity index is 1.63. The van der Waals surface area contributed by atoms with Crippen LogP contribution in [0.25, 0.3) is 0 Å². The van der Waals surface area contributed by atoms with Crippen molar-refractivity contribution in [3.05, 3.63) is 63.3 Å². The lowest BCUT2D eigenvalue weighted by atomic mass is 10.0. The van der Waals surface area contributed by atoms with Gasteiger partial charge in [0.05, 0.1) is 17.3 Å². The Kier molecular flexibility index (Phi) is 9.16. The first-order valence-electron chi connectivity index (χ1n) is 12.6. The molecule has 2 unspecified atom stereocenters. The Morgan fingerprint density at radius 1 is 1.14 bits per heavy atom. The average molecular weight is 535 g/mol. The summed E-state index contributed by atoms with van der Waals surface area (Å²) < 4.78 is 22.3. The van der Waals surface area contributed by atoms with E-state index in [0.717, 1.165) is 38.8 Å². The summed E-state index contributed by atoms with van der Waals surface area (Å²) in [5.74, 6) is -0.658. The number of pyridine rings is 1. The summed E-state index contributed by atoms with van der Waals surface area (Å²) in [6, 6.07) is 6.40.